The lowest BCUT2D eigenvalue weighted by atomic mass is 9.77. The second-order valence-corrected chi connectivity index (χ2v) is 7.39. The Morgan fingerprint density at radius 2 is 1.85 bits per heavy atom. The summed E-state index contributed by atoms with van der Waals surface area (Å²) in [5.74, 6) is 0.0331. The molecular formula is C19H27FN2O4. The molecule has 0 radical (unpaired) electrons. The highest BCUT2D eigenvalue weighted by atomic mass is 19.1. The number of rotatable bonds is 2. The lowest BCUT2D eigenvalue weighted by molar-refractivity contribution is -0.122. The molecule has 1 aliphatic heterocycles. The molecule has 1 aliphatic carbocycles. The highest BCUT2D eigenvalue weighted by molar-refractivity contribution is 5.94. The van der Waals surface area contributed by atoms with E-state index in [1.165, 1.54) is 6.07 Å². The van der Waals surface area contributed by atoms with Crippen molar-refractivity contribution >= 4 is 12.4 Å². The quantitative estimate of drug-likeness (QED) is 0.777. The first-order chi connectivity index (χ1) is 12.3. The maximum absolute atomic E-state index is 14.1. The second kappa shape index (κ2) is 8.60. The van der Waals surface area contributed by atoms with Crippen LogP contribution >= 0.6 is 0 Å². The fourth-order valence-electron chi connectivity index (χ4n) is 4.09. The second-order valence-electron chi connectivity index (χ2n) is 7.39. The Morgan fingerprint density at radius 3 is 2.38 bits per heavy atom. The topological polar surface area (TPSA) is 81.1 Å². The molecule has 0 aromatic heterocycles. The Kier molecular flexibility index (Phi) is 6.72. The largest absolute Gasteiger partial charge is 0.483 e. The van der Waals surface area contributed by atoms with E-state index >= 15 is 0 Å². The molecule has 0 spiro atoms. The number of hydrogen-bond acceptors (Lipinski definition) is 4. The third-order valence-corrected chi connectivity index (χ3v) is 5.41. The molecule has 3 rings (SSSR count). The normalized spacial score (nSPS) is 27.5. The number of carbonyl (C=O) groups is 2. The fourth-order valence-corrected chi connectivity index (χ4v) is 4.09. The zero-order chi connectivity index (χ0) is 19.4. The molecule has 1 aromatic carbocycles. The van der Waals surface area contributed by atoms with Gasteiger partial charge in [-0.15, -0.1) is 0 Å². The smallest absolute Gasteiger partial charge is 0.290 e. The molecule has 1 saturated heterocycles. The van der Waals surface area contributed by atoms with E-state index in [0.29, 0.717) is 31.3 Å². The number of hydrogen-bond donors (Lipinski definition) is 2. The van der Waals surface area contributed by atoms with Crippen molar-refractivity contribution in [3.63, 3.8) is 0 Å². The van der Waals surface area contributed by atoms with E-state index in [0.717, 1.165) is 12.0 Å². The summed E-state index contributed by atoms with van der Waals surface area (Å²) in [4.78, 5) is 24.8. The van der Waals surface area contributed by atoms with Crippen LogP contribution in [0.5, 0.6) is 0 Å². The number of likely N-dealkylation sites (tertiary alicyclic amines) is 1. The van der Waals surface area contributed by atoms with Crippen molar-refractivity contribution in [2.75, 3.05) is 27.2 Å². The summed E-state index contributed by atoms with van der Waals surface area (Å²) >= 11 is 0. The molecule has 0 unspecified atom stereocenters. The zero-order valence-corrected chi connectivity index (χ0v) is 15.4. The summed E-state index contributed by atoms with van der Waals surface area (Å²) in [6, 6.07) is 4.89. The van der Waals surface area contributed by atoms with E-state index in [1.54, 1.807) is 17.0 Å². The van der Waals surface area contributed by atoms with Gasteiger partial charge >= 0.3 is 0 Å². The highest BCUT2D eigenvalue weighted by Crippen LogP contribution is 2.38. The number of nitrogens with zero attached hydrogens (tertiary/aromatic N) is 2. The molecule has 2 N–H and O–H groups in total. The van der Waals surface area contributed by atoms with Crippen molar-refractivity contribution in [2.45, 2.75) is 31.9 Å². The monoisotopic (exact) mass is 366 g/mol. The molecule has 144 valence electrons. The van der Waals surface area contributed by atoms with Gasteiger partial charge in [0.15, 0.2) is 0 Å². The van der Waals surface area contributed by atoms with Crippen LogP contribution in [0.3, 0.4) is 0 Å². The first-order valence-corrected chi connectivity index (χ1v) is 8.76. The van der Waals surface area contributed by atoms with E-state index in [9.17, 15) is 14.3 Å². The number of likely N-dealkylation sites (N-methyl/N-ethyl adjacent to an activating group) is 1. The standard InChI is InChI=1S/C18H25FN2O2.CH2O2/c1-11-4-5-14(15(19)6-11)18(23)21-9-12-7-16(20(2)3)17(22)8-13(12)10-21;2-1-3/h4-6,12-13,16-17,22H,7-10H2,1-3H3;1H,(H,2,3)/t12-,13+,16-,17-;/m1./s1. The van der Waals surface area contributed by atoms with E-state index in [1.807, 2.05) is 21.0 Å². The van der Waals surface area contributed by atoms with Crippen LogP contribution in [0, 0.1) is 24.6 Å². The summed E-state index contributed by atoms with van der Waals surface area (Å²) in [5, 5.41) is 17.2. The maximum Gasteiger partial charge on any atom is 0.290 e. The third-order valence-electron chi connectivity index (χ3n) is 5.41. The lowest BCUT2D eigenvalue weighted by Gasteiger charge is -2.38. The number of carboxylic acid groups (broad SMARTS) is 1. The Balaban J connectivity index is 0.000000758. The Hall–Kier alpha value is -1.99. The first-order valence-electron chi connectivity index (χ1n) is 8.76. The predicted octanol–water partition coefficient (Wildman–Crippen LogP) is 1.61. The van der Waals surface area contributed by atoms with Crippen molar-refractivity contribution in [1.29, 1.82) is 0 Å². The van der Waals surface area contributed by atoms with E-state index in [-0.39, 0.29) is 30.1 Å². The Labute approximate surface area is 153 Å². The number of fused-ring (bicyclic) bond motifs is 1. The molecule has 6 nitrogen and oxygen atoms in total. The number of aliphatic hydroxyl groups excluding tert-OH is 1. The van der Waals surface area contributed by atoms with Gasteiger partial charge in [-0.05, 0) is 63.4 Å². The van der Waals surface area contributed by atoms with Crippen LogP contribution in [0.1, 0.15) is 28.8 Å². The van der Waals surface area contributed by atoms with Crippen LogP contribution in [0.25, 0.3) is 0 Å². The van der Waals surface area contributed by atoms with Gasteiger partial charge in [-0.1, -0.05) is 6.07 Å². The van der Waals surface area contributed by atoms with Gasteiger partial charge in [-0.25, -0.2) is 4.39 Å². The van der Waals surface area contributed by atoms with E-state index in [2.05, 4.69) is 4.90 Å². The summed E-state index contributed by atoms with van der Waals surface area (Å²) in [6.45, 7) is 2.84. The molecule has 7 heteroatoms. The van der Waals surface area contributed by atoms with Gasteiger partial charge in [-0.3, -0.25) is 9.59 Å². The van der Waals surface area contributed by atoms with Gasteiger partial charge in [0.2, 0.25) is 0 Å². The fraction of sp³-hybridized carbons (Fsp3) is 0.579. The number of halogens is 1. The molecule has 2 fully saturated rings. The van der Waals surface area contributed by atoms with Crippen LogP contribution in [0.2, 0.25) is 0 Å². The third kappa shape index (κ3) is 4.40. The maximum atomic E-state index is 14.1. The molecular weight excluding hydrogens is 339 g/mol. The van der Waals surface area contributed by atoms with Crippen LogP contribution in [0.15, 0.2) is 18.2 Å². The number of amides is 1. The van der Waals surface area contributed by atoms with Crippen LogP contribution < -0.4 is 0 Å². The van der Waals surface area contributed by atoms with E-state index < -0.39 is 5.82 Å². The van der Waals surface area contributed by atoms with Gasteiger partial charge in [-0.2, -0.15) is 0 Å². The molecule has 4 atom stereocenters. The minimum Gasteiger partial charge on any atom is -0.483 e. The summed E-state index contributed by atoms with van der Waals surface area (Å²) < 4.78 is 14.1. The molecule has 1 heterocycles. The summed E-state index contributed by atoms with van der Waals surface area (Å²) in [7, 11) is 3.96. The minimum atomic E-state index is -0.448. The van der Waals surface area contributed by atoms with Gasteiger partial charge in [0, 0.05) is 19.1 Å². The van der Waals surface area contributed by atoms with Crippen molar-refractivity contribution in [1.82, 2.24) is 9.80 Å². The van der Waals surface area contributed by atoms with Crippen molar-refractivity contribution in [3.05, 3.63) is 35.1 Å². The number of benzene rings is 1. The number of carbonyl (C=O) groups excluding carboxylic acids is 1. The van der Waals surface area contributed by atoms with Crippen LogP contribution in [-0.2, 0) is 4.79 Å². The van der Waals surface area contributed by atoms with Crippen molar-refractivity contribution in [2.24, 2.45) is 11.8 Å². The summed E-state index contributed by atoms with van der Waals surface area (Å²) in [6.07, 6.45) is 1.25. The predicted molar refractivity (Wildman–Crippen MR) is 95.4 cm³/mol. The molecule has 1 aromatic rings. The van der Waals surface area contributed by atoms with Gasteiger partial charge in [0.25, 0.3) is 12.4 Å². The lowest BCUT2D eigenvalue weighted by Crippen LogP contribution is -2.46. The number of aryl methyl sites for hydroxylation is 1. The molecule has 1 amide bonds. The molecule has 2 aliphatic rings. The van der Waals surface area contributed by atoms with Crippen molar-refractivity contribution < 1.29 is 24.2 Å². The van der Waals surface area contributed by atoms with E-state index in [4.69, 9.17) is 9.90 Å². The van der Waals surface area contributed by atoms with Gasteiger partial charge in [0.1, 0.15) is 5.82 Å². The molecule has 0 bridgehead atoms. The van der Waals surface area contributed by atoms with Gasteiger partial charge in [0.05, 0.1) is 11.7 Å². The average Bonchev–Trinajstić information content (AvgIpc) is 2.97. The Morgan fingerprint density at radius 1 is 1.27 bits per heavy atom. The number of aliphatic hydroxyl groups is 1. The van der Waals surface area contributed by atoms with Crippen LogP contribution in [0.4, 0.5) is 4.39 Å². The van der Waals surface area contributed by atoms with Crippen LogP contribution in [-0.4, -0.2) is 71.7 Å². The van der Waals surface area contributed by atoms with Crippen molar-refractivity contribution in [3.8, 4) is 0 Å². The Bertz CT molecular complexity index is 652. The molecule has 1 saturated carbocycles. The summed E-state index contributed by atoms with van der Waals surface area (Å²) in [5.41, 5.74) is 0.963. The highest BCUT2D eigenvalue weighted by Gasteiger charge is 2.43. The first kappa shape index (κ1) is 20.3. The average molecular weight is 366 g/mol. The molecule has 26 heavy (non-hydrogen) atoms. The minimum absolute atomic E-state index is 0.141. The van der Waals surface area contributed by atoms with Gasteiger partial charge < -0.3 is 20.0 Å². The zero-order valence-electron chi connectivity index (χ0n) is 15.4. The SMILES string of the molecule is Cc1ccc(C(=O)N2C[C@H]3C[C@@H](N(C)C)[C@H](O)C[C@H]3C2)c(F)c1.O=CO.